The molecule has 0 atom stereocenters. The highest BCUT2D eigenvalue weighted by Crippen LogP contribution is 2.18. The summed E-state index contributed by atoms with van der Waals surface area (Å²) in [4.78, 5) is 11.3. The van der Waals surface area contributed by atoms with Gasteiger partial charge in [-0.05, 0) is 20.8 Å². The minimum absolute atomic E-state index is 0.115. The molecule has 0 spiro atoms. The number of nitrogens with zero attached hydrogens (tertiary/aromatic N) is 1. The predicted octanol–water partition coefficient (Wildman–Crippen LogP) is 0.266. The Hall–Kier alpha value is -1.09. The van der Waals surface area contributed by atoms with E-state index in [4.69, 9.17) is 5.26 Å². The minimum Gasteiger partial charge on any atom is -0.465 e. The van der Waals surface area contributed by atoms with Gasteiger partial charge in [0, 0.05) is 0 Å². The van der Waals surface area contributed by atoms with Crippen molar-refractivity contribution < 1.29 is 17.9 Å². The molecular weight excluding hydrogens is 206 g/mol. The quantitative estimate of drug-likeness (QED) is 0.633. The fourth-order valence-electron chi connectivity index (χ4n) is 0.697. The zero-order valence-corrected chi connectivity index (χ0v) is 9.22. The lowest BCUT2D eigenvalue weighted by Gasteiger charge is -2.20. The standard InChI is InChI=1S/C8H13NO4S/c1-4-13-7(10)8(2,3)14(11,12)6-5-9/h4,6H2,1-3H3. The molecule has 0 unspecified atom stereocenters. The Labute approximate surface area is 83.6 Å². The third-order valence-electron chi connectivity index (χ3n) is 1.80. The molecule has 0 aliphatic heterocycles. The number of rotatable bonds is 4. The van der Waals surface area contributed by atoms with E-state index in [1.54, 1.807) is 6.92 Å². The molecule has 0 aliphatic carbocycles. The summed E-state index contributed by atoms with van der Waals surface area (Å²) in [6.45, 7) is 4.17. The Balaban J connectivity index is 4.97. The lowest BCUT2D eigenvalue weighted by molar-refractivity contribution is -0.145. The van der Waals surface area contributed by atoms with Gasteiger partial charge in [-0.1, -0.05) is 0 Å². The molecular formula is C8H13NO4S. The first-order chi connectivity index (χ1) is 6.29. The van der Waals surface area contributed by atoms with Crippen LogP contribution in [-0.4, -0.2) is 31.5 Å². The maximum atomic E-state index is 11.4. The number of carbonyl (C=O) groups excluding carboxylic acids is 1. The molecule has 0 amide bonds. The first kappa shape index (κ1) is 12.9. The summed E-state index contributed by atoms with van der Waals surface area (Å²) in [6, 6.07) is 1.52. The summed E-state index contributed by atoms with van der Waals surface area (Å²) in [5.74, 6) is -1.51. The molecule has 80 valence electrons. The van der Waals surface area contributed by atoms with Gasteiger partial charge in [-0.15, -0.1) is 0 Å². The summed E-state index contributed by atoms with van der Waals surface area (Å²) in [5.41, 5.74) is 0. The summed E-state index contributed by atoms with van der Waals surface area (Å²) in [6.07, 6.45) is 0. The molecule has 0 aromatic carbocycles. The van der Waals surface area contributed by atoms with Crippen molar-refractivity contribution in [3.05, 3.63) is 0 Å². The molecule has 0 heterocycles. The number of hydrogen-bond acceptors (Lipinski definition) is 5. The second-order valence-electron chi connectivity index (χ2n) is 3.15. The van der Waals surface area contributed by atoms with Gasteiger partial charge >= 0.3 is 5.97 Å². The van der Waals surface area contributed by atoms with E-state index in [1.165, 1.54) is 19.9 Å². The van der Waals surface area contributed by atoms with E-state index >= 15 is 0 Å². The zero-order valence-electron chi connectivity index (χ0n) is 8.40. The van der Waals surface area contributed by atoms with E-state index in [9.17, 15) is 13.2 Å². The van der Waals surface area contributed by atoms with Gasteiger partial charge in [0.15, 0.2) is 14.6 Å². The van der Waals surface area contributed by atoms with Gasteiger partial charge in [0.05, 0.1) is 12.7 Å². The largest absolute Gasteiger partial charge is 0.465 e. The summed E-state index contributed by atoms with van der Waals surface area (Å²) in [7, 11) is -3.77. The Morgan fingerprint density at radius 2 is 2.00 bits per heavy atom. The van der Waals surface area contributed by atoms with Crippen LogP contribution in [0.1, 0.15) is 20.8 Å². The highest BCUT2D eigenvalue weighted by molar-refractivity contribution is 7.93. The fraction of sp³-hybridized carbons (Fsp3) is 0.750. The van der Waals surface area contributed by atoms with Crippen LogP contribution in [0.5, 0.6) is 0 Å². The first-order valence-electron chi connectivity index (χ1n) is 4.06. The smallest absolute Gasteiger partial charge is 0.326 e. The summed E-state index contributed by atoms with van der Waals surface area (Å²) < 4.78 is 25.8. The molecule has 0 rings (SSSR count). The van der Waals surface area contributed by atoms with Crippen molar-refractivity contribution in [2.45, 2.75) is 25.5 Å². The van der Waals surface area contributed by atoms with Crippen molar-refractivity contribution in [1.82, 2.24) is 0 Å². The summed E-state index contributed by atoms with van der Waals surface area (Å²) >= 11 is 0. The molecule has 5 nitrogen and oxygen atoms in total. The Morgan fingerprint density at radius 1 is 1.50 bits per heavy atom. The minimum atomic E-state index is -3.77. The van der Waals surface area contributed by atoms with Gasteiger partial charge in [0.2, 0.25) is 0 Å². The molecule has 0 aromatic rings. The average molecular weight is 219 g/mol. The van der Waals surface area contributed by atoms with Crippen LogP contribution in [0, 0.1) is 11.3 Å². The van der Waals surface area contributed by atoms with Crippen LogP contribution >= 0.6 is 0 Å². The normalized spacial score (nSPS) is 11.9. The second-order valence-corrected chi connectivity index (χ2v) is 5.69. The van der Waals surface area contributed by atoms with Crippen LogP contribution in [0.15, 0.2) is 0 Å². The van der Waals surface area contributed by atoms with Crippen LogP contribution in [0.25, 0.3) is 0 Å². The maximum Gasteiger partial charge on any atom is 0.326 e. The van der Waals surface area contributed by atoms with Crippen molar-refractivity contribution in [1.29, 1.82) is 5.26 Å². The van der Waals surface area contributed by atoms with E-state index in [1.807, 2.05) is 0 Å². The van der Waals surface area contributed by atoms with Crippen LogP contribution in [0.2, 0.25) is 0 Å². The van der Waals surface area contributed by atoms with E-state index in [0.29, 0.717) is 0 Å². The van der Waals surface area contributed by atoms with Gasteiger partial charge in [-0.3, -0.25) is 4.79 Å². The van der Waals surface area contributed by atoms with Gasteiger partial charge in [-0.2, -0.15) is 5.26 Å². The SMILES string of the molecule is CCOC(=O)C(C)(C)S(=O)(=O)CC#N. The Morgan fingerprint density at radius 3 is 2.36 bits per heavy atom. The molecule has 0 fully saturated rings. The van der Waals surface area contributed by atoms with Gasteiger partial charge in [0.1, 0.15) is 5.75 Å². The van der Waals surface area contributed by atoms with Gasteiger partial charge in [-0.25, -0.2) is 8.42 Å². The van der Waals surface area contributed by atoms with E-state index in [-0.39, 0.29) is 6.61 Å². The average Bonchev–Trinajstić information content (AvgIpc) is 2.04. The molecule has 0 N–H and O–H groups in total. The fourth-order valence-corrected chi connectivity index (χ4v) is 1.54. The second kappa shape index (κ2) is 4.42. The van der Waals surface area contributed by atoms with Crippen LogP contribution in [0.3, 0.4) is 0 Å². The van der Waals surface area contributed by atoms with Crippen LogP contribution in [0.4, 0.5) is 0 Å². The van der Waals surface area contributed by atoms with E-state index < -0.39 is 26.3 Å². The molecule has 6 heteroatoms. The monoisotopic (exact) mass is 219 g/mol. The zero-order chi connectivity index (χ0) is 11.4. The number of hydrogen-bond donors (Lipinski definition) is 0. The van der Waals surface area contributed by atoms with Crippen LogP contribution in [-0.2, 0) is 19.4 Å². The van der Waals surface area contributed by atoms with Crippen LogP contribution < -0.4 is 0 Å². The summed E-state index contributed by atoms with van der Waals surface area (Å²) in [5, 5.41) is 8.30. The Bertz CT molecular complexity index is 350. The maximum absolute atomic E-state index is 11.4. The molecule has 0 bridgehead atoms. The highest BCUT2D eigenvalue weighted by atomic mass is 32.2. The molecule has 0 aliphatic rings. The van der Waals surface area contributed by atoms with Crippen molar-refractivity contribution >= 4 is 15.8 Å². The molecule has 0 saturated carbocycles. The van der Waals surface area contributed by atoms with Crippen molar-refractivity contribution in [3.63, 3.8) is 0 Å². The number of esters is 1. The molecule has 0 aromatic heterocycles. The van der Waals surface area contributed by atoms with E-state index in [0.717, 1.165) is 0 Å². The lowest BCUT2D eigenvalue weighted by Crippen LogP contribution is -2.43. The van der Waals surface area contributed by atoms with Crippen molar-refractivity contribution in [2.24, 2.45) is 0 Å². The number of sulfone groups is 1. The van der Waals surface area contributed by atoms with Crippen molar-refractivity contribution in [3.8, 4) is 6.07 Å². The van der Waals surface area contributed by atoms with E-state index in [2.05, 4.69) is 4.74 Å². The first-order valence-corrected chi connectivity index (χ1v) is 5.71. The number of carbonyl (C=O) groups is 1. The third kappa shape index (κ3) is 2.45. The lowest BCUT2D eigenvalue weighted by atomic mass is 10.2. The molecule has 14 heavy (non-hydrogen) atoms. The molecule has 0 saturated heterocycles. The van der Waals surface area contributed by atoms with Gasteiger partial charge in [0.25, 0.3) is 0 Å². The Kier molecular flexibility index (Phi) is 4.08. The third-order valence-corrected chi connectivity index (χ3v) is 4.03. The number of nitriles is 1. The van der Waals surface area contributed by atoms with Gasteiger partial charge < -0.3 is 4.74 Å². The number of ether oxygens (including phenoxy) is 1. The predicted molar refractivity (Wildman–Crippen MR) is 50.1 cm³/mol. The molecule has 0 radical (unpaired) electrons. The van der Waals surface area contributed by atoms with Crippen molar-refractivity contribution in [2.75, 3.05) is 12.4 Å². The topological polar surface area (TPSA) is 84.2 Å². The highest BCUT2D eigenvalue weighted by Gasteiger charge is 2.42.